The second-order valence-corrected chi connectivity index (χ2v) is 4.70. The number of fused-ring (bicyclic) bond motifs is 2. The molecule has 0 heterocycles. The van der Waals surface area contributed by atoms with E-state index in [0.717, 1.165) is 18.3 Å². The molecule has 2 aliphatic rings. The van der Waals surface area contributed by atoms with E-state index in [2.05, 4.69) is 4.74 Å². The summed E-state index contributed by atoms with van der Waals surface area (Å²) in [5, 5.41) is 0. The minimum Gasteiger partial charge on any atom is -0.468 e. The van der Waals surface area contributed by atoms with E-state index in [4.69, 9.17) is 5.73 Å². The first-order chi connectivity index (χ1) is 6.72. The monoisotopic (exact) mass is 197 g/mol. The Morgan fingerprint density at radius 2 is 1.86 bits per heavy atom. The summed E-state index contributed by atoms with van der Waals surface area (Å²) in [6.07, 6.45) is 6.24. The molecule has 2 rings (SSSR count). The van der Waals surface area contributed by atoms with Crippen molar-refractivity contribution in [1.82, 2.24) is 0 Å². The standard InChI is InChI=1S/C11H19NO2/c1-14-11(13)10(12)6-9-7-2-3-8(9)5-4-7/h7-10H,2-6,12H2,1H3. The first-order valence-electron chi connectivity index (χ1n) is 5.55. The van der Waals surface area contributed by atoms with Gasteiger partial charge in [-0.05, 0) is 49.9 Å². The molecule has 2 N–H and O–H groups in total. The average molecular weight is 197 g/mol. The zero-order valence-corrected chi connectivity index (χ0v) is 8.74. The number of hydrogen-bond donors (Lipinski definition) is 1. The minimum atomic E-state index is -0.397. The number of carbonyl (C=O) groups is 1. The molecule has 80 valence electrons. The Morgan fingerprint density at radius 3 is 2.29 bits per heavy atom. The first-order valence-corrected chi connectivity index (χ1v) is 5.55. The number of methoxy groups -OCH3 is 1. The van der Waals surface area contributed by atoms with Gasteiger partial charge < -0.3 is 10.5 Å². The van der Waals surface area contributed by atoms with Crippen molar-refractivity contribution in [2.24, 2.45) is 23.5 Å². The van der Waals surface area contributed by atoms with E-state index >= 15 is 0 Å². The highest BCUT2D eigenvalue weighted by Gasteiger charge is 2.42. The normalized spacial score (nSPS) is 37.1. The largest absolute Gasteiger partial charge is 0.468 e. The summed E-state index contributed by atoms with van der Waals surface area (Å²) in [7, 11) is 1.41. The molecule has 3 nitrogen and oxygen atoms in total. The molecule has 2 aliphatic carbocycles. The Kier molecular flexibility index (Phi) is 2.77. The maximum absolute atomic E-state index is 11.2. The summed E-state index contributed by atoms with van der Waals surface area (Å²) < 4.78 is 4.65. The molecule has 1 atom stereocenters. The van der Waals surface area contributed by atoms with Gasteiger partial charge in [-0.3, -0.25) is 4.79 Å². The third-order valence-corrected chi connectivity index (χ3v) is 4.06. The molecular weight excluding hydrogens is 178 g/mol. The van der Waals surface area contributed by atoms with Gasteiger partial charge in [0.1, 0.15) is 6.04 Å². The number of hydrogen-bond acceptors (Lipinski definition) is 3. The molecule has 0 radical (unpaired) electrons. The Morgan fingerprint density at radius 1 is 1.36 bits per heavy atom. The van der Waals surface area contributed by atoms with E-state index in [1.54, 1.807) is 0 Å². The van der Waals surface area contributed by atoms with Crippen LogP contribution < -0.4 is 5.73 Å². The van der Waals surface area contributed by atoms with Crippen LogP contribution in [0.15, 0.2) is 0 Å². The Hall–Kier alpha value is -0.570. The Balaban J connectivity index is 1.88. The molecule has 2 bridgehead atoms. The third-order valence-electron chi connectivity index (χ3n) is 4.06. The number of nitrogens with two attached hydrogens (primary N) is 1. The van der Waals surface area contributed by atoms with Gasteiger partial charge in [0.05, 0.1) is 7.11 Å². The zero-order valence-electron chi connectivity index (χ0n) is 8.74. The van der Waals surface area contributed by atoms with E-state index in [9.17, 15) is 4.79 Å². The lowest BCUT2D eigenvalue weighted by molar-refractivity contribution is -0.142. The van der Waals surface area contributed by atoms with Crippen molar-refractivity contribution in [1.29, 1.82) is 0 Å². The zero-order chi connectivity index (χ0) is 10.1. The molecule has 0 aromatic carbocycles. The van der Waals surface area contributed by atoms with Gasteiger partial charge in [-0.2, -0.15) is 0 Å². The van der Waals surface area contributed by atoms with Gasteiger partial charge in [0.15, 0.2) is 0 Å². The number of esters is 1. The number of ether oxygens (including phenoxy) is 1. The van der Waals surface area contributed by atoms with Crippen LogP contribution in [0, 0.1) is 17.8 Å². The maximum Gasteiger partial charge on any atom is 0.322 e. The summed E-state index contributed by atoms with van der Waals surface area (Å²) >= 11 is 0. The Bertz CT molecular complexity index is 209. The highest BCUT2D eigenvalue weighted by atomic mass is 16.5. The molecule has 2 fully saturated rings. The summed E-state index contributed by atoms with van der Waals surface area (Å²) in [4.78, 5) is 11.2. The number of carbonyl (C=O) groups excluding carboxylic acids is 1. The smallest absolute Gasteiger partial charge is 0.322 e. The van der Waals surface area contributed by atoms with Crippen LogP contribution in [0.2, 0.25) is 0 Å². The van der Waals surface area contributed by atoms with E-state index in [0.29, 0.717) is 5.92 Å². The molecule has 14 heavy (non-hydrogen) atoms. The van der Waals surface area contributed by atoms with Crippen LogP contribution in [0.5, 0.6) is 0 Å². The lowest BCUT2D eigenvalue weighted by Gasteiger charge is -2.18. The van der Waals surface area contributed by atoms with Gasteiger partial charge in [0.2, 0.25) is 0 Å². The van der Waals surface area contributed by atoms with Crippen molar-refractivity contribution in [3.05, 3.63) is 0 Å². The van der Waals surface area contributed by atoms with E-state index in [-0.39, 0.29) is 5.97 Å². The minimum absolute atomic E-state index is 0.253. The SMILES string of the molecule is COC(=O)C(N)CC1C2CCC1CC2. The van der Waals surface area contributed by atoms with Crippen molar-refractivity contribution >= 4 is 5.97 Å². The third kappa shape index (κ3) is 1.65. The van der Waals surface area contributed by atoms with Crippen molar-refractivity contribution in [3.8, 4) is 0 Å². The predicted molar refractivity (Wildman–Crippen MR) is 53.5 cm³/mol. The Labute approximate surface area is 85.0 Å². The van der Waals surface area contributed by atoms with Crippen molar-refractivity contribution in [3.63, 3.8) is 0 Å². The molecule has 3 heteroatoms. The van der Waals surface area contributed by atoms with Crippen LogP contribution in [-0.2, 0) is 9.53 Å². The fourth-order valence-electron chi connectivity index (χ4n) is 3.31. The second kappa shape index (κ2) is 3.89. The van der Waals surface area contributed by atoms with Crippen LogP contribution in [0.3, 0.4) is 0 Å². The van der Waals surface area contributed by atoms with Crippen molar-refractivity contribution in [2.45, 2.75) is 38.1 Å². The van der Waals surface area contributed by atoms with E-state index < -0.39 is 6.04 Å². The molecule has 1 unspecified atom stereocenters. The van der Waals surface area contributed by atoms with Crippen molar-refractivity contribution in [2.75, 3.05) is 7.11 Å². The average Bonchev–Trinajstić information content (AvgIpc) is 2.76. The first kappa shape index (κ1) is 9.97. The summed E-state index contributed by atoms with van der Waals surface area (Å²) in [6.45, 7) is 0. The van der Waals surface area contributed by atoms with E-state index in [1.165, 1.54) is 32.8 Å². The topological polar surface area (TPSA) is 52.3 Å². The quantitative estimate of drug-likeness (QED) is 0.694. The molecule has 0 spiro atoms. The van der Waals surface area contributed by atoms with Crippen LogP contribution >= 0.6 is 0 Å². The highest BCUT2D eigenvalue weighted by Crippen LogP contribution is 2.50. The van der Waals surface area contributed by atoms with Gasteiger partial charge in [-0.25, -0.2) is 0 Å². The molecule has 0 amide bonds. The highest BCUT2D eigenvalue weighted by molar-refractivity contribution is 5.75. The summed E-state index contributed by atoms with van der Waals surface area (Å²) in [6, 6.07) is -0.397. The molecule has 0 aliphatic heterocycles. The second-order valence-electron chi connectivity index (χ2n) is 4.70. The molecule has 2 saturated carbocycles. The predicted octanol–water partition coefficient (Wildman–Crippen LogP) is 1.31. The van der Waals surface area contributed by atoms with Gasteiger partial charge in [-0.1, -0.05) is 0 Å². The number of rotatable bonds is 3. The maximum atomic E-state index is 11.2. The van der Waals surface area contributed by atoms with E-state index in [1.807, 2.05) is 0 Å². The molecule has 0 aromatic heterocycles. The lowest BCUT2D eigenvalue weighted by atomic mass is 9.91. The van der Waals surface area contributed by atoms with Crippen molar-refractivity contribution < 1.29 is 9.53 Å². The van der Waals surface area contributed by atoms with Gasteiger partial charge in [-0.15, -0.1) is 0 Å². The van der Waals surface area contributed by atoms with Gasteiger partial charge in [0.25, 0.3) is 0 Å². The molecule has 0 aromatic rings. The summed E-state index contributed by atoms with van der Waals surface area (Å²) in [5.74, 6) is 2.13. The fourth-order valence-corrected chi connectivity index (χ4v) is 3.31. The van der Waals surface area contributed by atoms with Gasteiger partial charge >= 0.3 is 5.97 Å². The van der Waals surface area contributed by atoms with Crippen LogP contribution in [-0.4, -0.2) is 19.1 Å². The molecular formula is C11H19NO2. The molecule has 0 saturated heterocycles. The fraction of sp³-hybridized carbons (Fsp3) is 0.909. The van der Waals surface area contributed by atoms with Crippen LogP contribution in [0.25, 0.3) is 0 Å². The lowest BCUT2D eigenvalue weighted by Crippen LogP contribution is -2.34. The van der Waals surface area contributed by atoms with Crippen LogP contribution in [0.1, 0.15) is 32.1 Å². The van der Waals surface area contributed by atoms with Gasteiger partial charge in [0, 0.05) is 0 Å². The van der Waals surface area contributed by atoms with Crippen LogP contribution in [0.4, 0.5) is 0 Å². The summed E-state index contributed by atoms with van der Waals surface area (Å²) in [5.41, 5.74) is 5.79.